The summed E-state index contributed by atoms with van der Waals surface area (Å²) in [7, 11) is 1.61. The minimum atomic E-state index is -0.705. The zero-order valence-corrected chi connectivity index (χ0v) is 18.8. The largest absolute Gasteiger partial charge is 0.497 e. The Balaban J connectivity index is 1.33. The topological polar surface area (TPSA) is 99.9 Å². The molecule has 0 aliphatic heterocycles. The number of fused-ring (bicyclic) bond motifs is 1. The van der Waals surface area contributed by atoms with Crippen molar-refractivity contribution in [3.05, 3.63) is 65.7 Å². The predicted molar refractivity (Wildman–Crippen MR) is 123 cm³/mol. The van der Waals surface area contributed by atoms with E-state index >= 15 is 0 Å². The Morgan fingerprint density at radius 2 is 1.88 bits per heavy atom. The summed E-state index contributed by atoms with van der Waals surface area (Å²) in [5, 5.41) is 16.0. The number of para-hydroxylation sites is 1. The first-order chi connectivity index (χ1) is 16.0. The van der Waals surface area contributed by atoms with Gasteiger partial charge in [0.25, 0.3) is 5.91 Å². The molecular weight excluding hydrogens is 446 g/mol. The summed E-state index contributed by atoms with van der Waals surface area (Å²) in [4.78, 5) is 12.3. The lowest BCUT2D eigenvalue weighted by Gasteiger charge is -2.15. The fourth-order valence-electron chi connectivity index (χ4n) is 3.03. The maximum absolute atomic E-state index is 12.3. The average Bonchev–Trinajstić information content (AvgIpc) is 3.26. The second-order valence-electron chi connectivity index (χ2n) is 7.02. The van der Waals surface area contributed by atoms with E-state index in [1.807, 2.05) is 24.3 Å². The summed E-state index contributed by atoms with van der Waals surface area (Å²) in [6, 6.07) is 17.9. The van der Waals surface area contributed by atoms with Crippen LogP contribution in [0.15, 0.2) is 60.7 Å². The number of nitrogens with zero attached hydrogens (tertiary/aromatic N) is 4. The first-order valence-corrected chi connectivity index (χ1v) is 10.6. The third-order valence-electron chi connectivity index (χ3n) is 4.75. The predicted octanol–water partition coefficient (Wildman–Crippen LogP) is 3.42. The van der Waals surface area contributed by atoms with E-state index in [1.54, 1.807) is 54.9 Å². The van der Waals surface area contributed by atoms with Crippen molar-refractivity contribution >= 4 is 23.2 Å². The van der Waals surface area contributed by atoms with Crippen LogP contribution >= 0.6 is 11.6 Å². The Bertz CT molecular complexity index is 1250. The molecule has 0 saturated carbocycles. The molecule has 4 rings (SSSR count). The van der Waals surface area contributed by atoms with Crippen molar-refractivity contribution < 1.29 is 19.0 Å². The van der Waals surface area contributed by atoms with Crippen molar-refractivity contribution in [1.82, 2.24) is 25.1 Å². The summed E-state index contributed by atoms with van der Waals surface area (Å²) in [5.74, 6) is 1.89. The number of amides is 1. The van der Waals surface area contributed by atoms with Crippen molar-refractivity contribution in [3.8, 4) is 28.8 Å². The molecule has 1 amide bonds. The van der Waals surface area contributed by atoms with Crippen LogP contribution in [0.3, 0.4) is 0 Å². The number of methoxy groups -OCH3 is 1. The lowest BCUT2D eigenvalue weighted by molar-refractivity contribution is -0.127. The molecule has 0 aliphatic rings. The van der Waals surface area contributed by atoms with E-state index in [9.17, 15) is 4.79 Å². The maximum Gasteiger partial charge on any atom is 0.260 e. The molecule has 0 spiro atoms. The number of halogens is 1. The highest BCUT2D eigenvalue weighted by atomic mass is 35.5. The van der Waals surface area contributed by atoms with Gasteiger partial charge in [-0.1, -0.05) is 23.7 Å². The van der Waals surface area contributed by atoms with Gasteiger partial charge in [0.1, 0.15) is 18.1 Å². The molecule has 1 unspecified atom stereocenters. The Hall–Kier alpha value is -3.85. The van der Waals surface area contributed by atoms with Gasteiger partial charge in [0.15, 0.2) is 17.6 Å². The molecule has 2 aromatic carbocycles. The molecule has 1 atom stereocenters. The fraction of sp³-hybridized carbons (Fsp3) is 0.217. The number of rotatable bonds is 9. The highest BCUT2D eigenvalue weighted by molar-refractivity contribution is 6.32. The van der Waals surface area contributed by atoms with E-state index in [4.69, 9.17) is 25.8 Å². The lowest BCUT2D eigenvalue weighted by Crippen LogP contribution is -2.38. The number of ether oxygens (including phenoxy) is 3. The molecule has 4 aromatic rings. The highest BCUT2D eigenvalue weighted by Gasteiger charge is 2.16. The minimum Gasteiger partial charge on any atom is -0.497 e. The van der Waals surface area contributed by atoms with Gasteiger partial charge in [-0.15, -0.1) is 15.3 Å². The van der Waals surface area contributed by atoms with Crippen LogP contribution in [0.1, 0.15) is 6.92 Å². The van der Waals surface area contributed by atoms with Gasteiger partial charge in [-0.25, -0.2) is 0 Å². The van der Waals surface area contributed by atoms with Crippen LogP contribution in [0.25, 0.3) is 17.0 Å². The summed E-state index contributed by atoms with van der Waals surface area (Å²) in [5.41, 5.74) is 1.43. The zero-order chi connectivity index (χ0) is 23.2. The van der Waals surface area contributed by atoms with E-state index in [0.717, 1.165) is 11.3 Å². The SMILES string of the molecule is COc1ccc(-c2nnc3ccc(OCCNC(=O)C(C)Oc4ccccc4Cl)nn23)cc1. The van der Waals surface area contributed by atoms with Crippen molar-refractivity contribution in [2.75, 3.05) is 20.3 Å². The average molecular weight is 468 g/mol. The molecule has 0 bridgehead atoms. The first kappa shape index (κ1) is 22.3. The molecule has 0 aliphatic carbocycles. The van der Waals surface area contributed by atoms with Crippen molar-refractivity contribution in [1.29, 1.82) is 0 Å². The quantitative estimate of drug-likeness (QED) is 0.376. The Morgan fingerprint density at radius 1 is 1.09 bits per heavy atom. The number of aromatic nitrogens is 4. The van der Waals surface area contributed by atoms with Gasteiger partial charge in [-0.05, 0) is 49.4 Å². The van der Waals surface area contributed by atoms with Gasteiger partial charge in [-0.2, -0.15) is 4.52 Å². The molecule has 2 aromatic heterocycles. The Labute approximate surface area is 195 Å². The molecule has 0 fully saturated rings. The van der Waals surface area contributed by atoms with Crippen LogP contribution in [-0.4, -0.2) is 52.1 Å². The van der Waals surface area contributed by atoms with Gasteiger partial charge >= 0.3 is 0 Å². The highest BCUT2D eigenvalue weighted by Crippen LogP contribution is 2.24. The number of hydrogen-bond acceptors (Lipinski definition) is 7. The van der Waals surface area contributed by atoms with E-state index in [-0.39, 0.29) is 19.1 Å². The second kappa shape index (κ2) is 10.2. The van der Waals surface area contributed by atoms with Gasteiger partial charge < -0.3 is 19.5 Å². The van der Waals surface area contributed by atoms with Gasteiger partial charge in [0, 0.05) is 11.6 Å². The molecule has 2 heterocycles. The number of carbonyl (C=O) groups excluding carboxylic acids is 1. The van der Waals surface area contributed by atoms with Gasteiger partial charge in [0.05, 0.1) is 18.7 Å². The number of nitrogens with one attached hydrogen (secondary N) is 1. The van der Waals surface area contributed by atoms with Crippen LogP contribution < -0.4 is 19.5 Å². The molecule has 10 heteroatoms. The molecular formula is C23H22ClN5O4. The van der Waals surface area contributed by atoms with Crippen LogP contribution in [0.2, 0.25) is 5.02 Å². The number of benzene rings is 2. The number of carbonyl (C=O) groups is 1. The minimum absolute atomic E-state index is 0.225. The summed E-state index contributed by atoms with van der Waals surface area (Å²) in [6.45, 7) is 2.16. The van der Waals surface area contributed by atoms with Crippen molar-refractivity contribution in [3.63, 3.8) is 0 Å². The van der Waals surface area contributed by atoms with E-state index < -0.39 is 6.10 Å². The van der Waals surface area contributed by atoms with E-state index in [2.05, 4.69) is 20.6 Å². The third kappa shape index (κ3) is 5.32. The lowest BCUT2D eigenvalue weighted by atomic mass is 10.2. The van der Waals surface area contributed by atoms with Crippen molar-refractivity contribution in [2.24, 2.45) is 0 Å². The third-order valence-corrected chi connectivity index (χ3v) is 5.06. The normalized spacial score (nSPS) is 11.7. The summed E-state index contributed by atoms with van der Waals surface area (Å²) in [6.07, 6.45) is -0.705. The molecule has 1 N–H and O–H groups in total. The standard InChI is InChI=1S/C23H22ClN5O4/c1-15(33-19-6-4-3-5-18(19)24)23(30)25-13-14-32-21-12-11-20-26-27-22(29(20)28-21)16-7-9-17(31-2)10-8-16/h3-12,15H,13-14H2,1-2H3,(H,25,30). The maximum atomic E-state index is 12.3. The van der Waals surface area contributed by atoms with E-state index in [0.29, 0.717) is 28.1 Å². The van der Waals surface area contributed by atoms with E-state index in [1.165, 1.54) is 0 Å². The second-order valence-corrected chi connectivity index (χ2v) is 7.43. The Kier molecular flexibility index (Phi) is 6.89. The monoisotopic (exact) mass is 467 g/mol. The van der Waals surface area contributed by atoms with Crippen molar-refractivity contribution in [2.45, 2.75) is 13.0 Å². The van der Waals surface area contributed by atoms with Crippen LogP contribution in [0, 0.1) is 0 Å². The Morgan fingerprint density at radius 3 is 2.64 bits per heavy atom. The molecule has 170 valence electrons. The van der Waals surface area contributed by atoms with Crippen LogP contribution in [0.4, 0.5) is 0 Å². The zero-order valence-electron chi connectivity index (χ0n) is 18.1. The van der Waals surface area contributed by atoms with Crippen LogP contribution in [0.5, 0.6) is 17.4 Å². The van der Waals surface area contributed by atoms with Gasteiger partial charge in [-0.3, -0.25) is 4.79 Å². The summed E-state index contributed by atoms with van der Waals surface area (Å²) >= 11 is 6.06. The molecule has 9 nitrogen and oxygen atoms in total. The summed E-state index contributed by atoms with van der Waals surface area (Å²) < 4.78 is 18.1. The smallest absolute Gasteiger partial charge is 0.260 e. The first-order valence-electron chi connectivity index (χ1n) is 10.2. The van der Waals surface area contributed by atoms with Gasteiger partial charge in [0.2, 0.25) is 5.88 Å². The molecule has 0 radical (unpaired) electrons. The fourth-order valence-corrected chi connectivity index (χ4v) is 3.21. The molecule has 0 saturated heterocycles. The molecule has 33 heavy (non-hydrogen) atoms. The number of hydrogen-bond donors (Lipinski definition) is 1. The van der Waals surface area contributed by atoms with Crippen LogP contribution in [-0.2, 0) is 4.79 Å².